The topological polar surface area (TPSA) is 77.8 Å². The zero-order valence-electron chi connectivity index (χ0n) is 19.6. The molecule has 1 aromatic heterocycles. The predicted molar refractivity (Wildman–Crippen MR) is 135 cm³/mol. The Hall–Kier alpha value is -3.28. The molecular weight excluding hydrogens is 442 g/mol. The van der Waals surface area contributed by atoms with Crippen molar-refractivity contribution in [1.29, 1.82) is 0 Å². The van der Waals surface area contributed by atoms with Crippen LogP contribution in [0.1, 0.15) is 79.3 Å². The fourth-order valence-electron chi connectivity index (χ4n) is 6.53. The smallest absolute Gasteiger partial charge is 0.337 e. The van der Waals surface area contributed by atoms with E-state index < -0.39 is 11.4 Å². The Balaban J connectivity index is 0.00000253. The number of aliphatic carboxylic acids is 1. The number of benzene rings is 2. The van der Waals surface area contributed by atoms with Gasteiger partial charge in [0.05, 0.1) is 30.9 Å². The highest BCUT2D eigenvalue weighted by molar-refractivity contribution is 6.00. The second-order valence-corrected chi connectivity index (χ2v) is 10.1. The van der Waals surface area contributed by atoms with E-state index in [1.807, 2.05) is 30.3 Å². The molecule has 0 spiro atoms. The Morgan fingerprint density at radius 1 is 1.06 bits per heavy atom. The van der Waals surface area contributed by atoms with Crippen molar-refractivity contribution >= 4 is 22.8 Å². The van der Waals surface area contributed by atoms with Crippen molar-refractivity contribution in [2.24, 2.45) is 5.41 Å². The van der Waals surface area contributed by atoms with Gasteiger partial charge in [-0.05, 0) is 66.6 Å². The molecule has 3 aliphatic rings. The van der Waals surface area contributed by atoms with Gasteiger partial charge in [0.25, 0.3) is 0 Å². The molecule has 0 amide bonds. The summed E-state index contributed by atoms with van der Waals surface area (Å²) >= 11 is 0. The molecule has 6 rings (SSSR count). The molecule has 0 unspecified atom stereocenters. The van der Waals surface area contributed by atoms with Crippen LogP contribution < -0.4 is 4.74 Å². The van der Waals surface area contributed by atoms with Gasteiger partial charge in [-0.3, -0.25) is 4.79 Å². The number of carbonyl (C=O) groups is 2. The molecule has 0 radical (unpaired) electrons. The maximum atomic E-state index is 12.6. The van der Waals surface area contributed by atoms with Crippen molar-refractivity contribution in [3.8, 4) is 17.0 Å². The molecule has 2 heterocycles. The first kappa shape index (κ1) is 23.5. The summed E-state index contributed by atoms with van der Waals surface area (Å²) in [6.07, 6.45) is 6.53. The van der Waals surface area contributed by atoms with Crippen LogP contribution in [0.3, 0.4) is 0 Å². The van der Waals surface area contributed by atoms with Gasteiger partial charge in [-0.25, -0.2) is 4.79 Å². The summed E-state index contributed by atoms with van der Waals surface area (Å²) < 4.78 is 12.7. The lowest BCUT2D eigenvalue weighted by molar-refractivity contribution is -0.144. The number of ether oxygens (including phenoxy) is 2. The number of carboxylic acid groups (broad SMARTS) is 1. The quantitative estimate of drug-likeness (QED) is 0.444. The summed E-state index contributed by atoms with van der Waals surface area (Å²) in [5.41, 5.74) is 5.16. The lowest BCUT2D eigenvalue weighted by Crippen LogP contribution is -2.22. The number of carbonyl (C=O) groups excluding carboxylic acids is 1. The minimum atomic E-state index is -0.844. The normalized spacial score (nSPS) is 22.7. The second-order valence-electron chi connectivity index (χ2n) is 10.1. The molecule has 1 N–H and O–H groups in total. The highest BCUT2D eigenvalue weighted by Gasteiger charge is 2.63. The van der Waals surface area contributed by atoms with Crippen LogP contribution in [0.2, 0.25) is 0 Å². The Labute approximate surface area is 205 Å². The number of hydrogen-bond donors (Lipinski definition) is 1. The molecule has 35 heavy (non-hydrogen) atoms. The Morgan fingerprint density at radius 2 is 1.83 bits per heavy atom. The maximum Gasteiger partial charge on any atom is 0.337 e. The fraction of sp³-hybridized carbons (Fsp3) is 0.448. The van der Waals surface area contributed by atoms with Crippen molar-refractivity contribution in [1.82, 2.24) is 4.57 Å². The van der Waals surface area contributed by atoms with Gasteiger partial charge in [0.15, 0.2) is 0 Å². The number of fused-ring (bicyclic) bond motifs is 7. The average Bonchev–Trinajstić information content (AvgIpc) is 3.54. The van der Waals surface area contributed by atoms with E-state index in [1.54, 1.807) is 7.11 Å². The highest BCUT2D eigenvalue weighted by atomic mass is 16.5. The Kier molecular flexibility index (Phi) is 5.65. The predicted octanol–water partition coefficient (Wildman–Crippen LogP) is 6.36. The van der Waals surface area contributed by atoms with Gasteiger partial charge in [-0.2, -0.15) is 0 Å². The largest absolute Gasteiger partial charge is 0.497 e. The number of aromatic nitrogens is 1. The molecule has 6 heteroatoms. The molecule has 3 aromatic rings. The van der Waals surface area contributed by atoms with Crippen molar-refractivity contribution in [3.05, 3.63) is 53.1 Å². The SMILES string of the molecule is C.COC(=O)c1ccc2c(C3CCCCC3)c3n(c2c1)C[C@@]1(C(=O)O)C[C@H]1c1cc(OC)ccc1-3. The van der Waals surface area contributed by atoms with Crippen molar-refractivity contribution in [2.75, 3.05) is 14.2 Å². The number of rotatable bonds is 4. The highest BCUT2D eigenvalue weighted by Crippen LogP contribution is 2.65. The van der Waals surface area contributed by atoms with Gasteiger partial charge < -0.3 is 19.1 Å². The second kappa shape index (κ2) is 8.43. The number of carboxylic acids is 1. The van der Waals surface area contributed by atoms with Crippen molar-refractivity contribution < 1.29 is 24.2 Å². The van der Waals surface area contributed by atoms with Crippen LogP contribution in [-0.2, 0) is 16.1 Å². The van der Waals surface area contributed by atoms with Gasteiger partial charge >= 0.3 is 11.9 Å². The third-order valence-corrected chi connectivity index (χ3v) is 8.37. The zero-order chi connectivity index (χ0) is 23.6. The number of esters is 1. The summed E-state index contributed by atoms with van der Waals surface area (Å²) in [6, 6.07) is 11.9. The van der Waals surface area contributed by atoms with Gasteiger partial charge in [-0.1, -0.05) is 32.8 Å². The maximum absolute atomic E-state index is 12.6. The summed E-state index contributed by atoms with van der Waals surface area (Å²) in [4.78, 5) is 25.0. The van der Waals surface area contributed by atoms with Crippen molar-refractivity contribution in [2.45, 2.75) is 64.3 Å². The standard InChI is InChI=1S/C28H29NO5.CH4/c1-33-18-9-11-19-21(13-18)22-14-28(22,27(31)32)15-29-23-12-17(26(30)34-2)8-10-20(23)24(25(19)29)16-6-4-3-5-7-16;/h8-13,16,22H,3-7,14-15H2,1-2H3,(H,31,32);1H4/t22-,28-;/m0./s1. The molecule has 0 saturated heterocycles. The van der Waals surface area contributed by atoms with Gasteiger partial charge in [0.1, 0.15) is 5.75 Å². The first-order valence-corrected chi connectivity index (χ1v) is 12.1. The zero-order valence-corrected chi connectivity index (χ0v) is 19.6. The van der Waals surface area contributed by atoms with Crippen molar-refractivity contribution in [3.63, 3.8) is 0 Å². The van der Waals surface area contributed by atoms with Gasteiger partial charge in [0, 0.05) is 28.9 Å². The minimum absolute atomic E-state index is 0. The first-order valence-electron chi connectivity index (χ1n) is 12.1. The third kappa shape index (κ3) is 3.37. The summed E-state index contributed by atoms with van der Waals surface area (Å²) in [6.45, 7) is 0.396. The number of hydrogen-bond acceptors (Lipinski definition) is 4. The molecule has 2 atom stereocenters. The van der Waals surface area contributed by atoms with E-state index >= 15 is 0 Å². The van der Waals surface area contributed by atoms with Crippen LogP contribution in [-0.4, -0.2) is 35.8 Å². The monoisotopic (exact) mass is 475 g/mol. The first-order chi connectivity index (χ1) is 16.5. The molecule has 2 aromatic carbocycles. The van der Waals surface area contributed by atoms with E-state index in [0.717, 1.165) is 46.3 Å². The van der Waals surface area contributed by atoms with Crippen LogP contribution >= 0.6 is 0 Å². The third-order valence-electron chi connectivity index (χ3n) is 8.37. The molecule has 2 saturated carbocycles. The van der Waals surface area contributed by atoms with E-state index in [2.05, 4.69) is 10.6 Å². The van der Waals surface area contributed by atoms with E-state index in [9.17, 15) is 14.7 Å². The number of nitrogens with zero attached hydrogens (tertiary/aromatic N) is 1. The van der Waals surface area contributed by atoms with Crippen LogP contribution in [0.5, 0.6) is 5.75 Å². The van der Waals surface area contributed by atoms with Crippen LogP contribution in [0.4, 0.5) is 0 Å². The summed E-state index contributed by atoms with van der Waals surface area (Å²) in [7, 11) is 3.03. The molecule has 1 aliphatic heterocycles. The Morgan fingerprint density at radius 3 is 2.51 bits per heavy atom. The lowest BCUT2D eigenvalue weighted by atomic mass is 9.81. The minimum Gasteiger partial charge on any atom is -0.497 e. The van der Waals surface area contributed by atoms with Gasteiger partial charge in [0.2, 0.25) is 0 Å². The molecular formula is C29H33NO5. The molecule has 6 nitrogen and oxygen atoms in total. The summed E-state index contributed by atoms with van der Waals surface area (Å²) in [5.74, 6) is -0.0200. The fourth-order valence-corrected chi connectivity index (χ4v) is 6.53. The lowest BCUT2D eigenvalue weighted by Gasteiger charge is -2.24. The van der Waals surface area contributed by atoms with Crippen LogP contribution in [0.25, 0.3) is 22.2 Å². The van der Waals surface area contributed by atoms with Crippen LogP contribution in [0.15, 0.2) is 36.4 Å². The molecule has 2 fully saturated rings. The van der Waals surface area contributed by atoms with E-state index in [0.29, 0.717) is 24.4 Å². The van der Waals surface area contributed by atoms with Gasteiger partial charge in [-0.15, -0.1) is 0 Å². The Bertz CT molecular complexity index is 1330. The average molecular weight is 476 g/mol. The number of methoxy groups -OCH3 is 2. The summed E-state index contributed by atoms with van der Waals surface area (Å²) in [5, 5.41) is 11.5. The van der Waals surface area contributed by atoms with E-state index in [4.69, 9.17) is 9.47 Å². The molecule has 2 aliphatic carbocycles. The van der Waals surface area contributed by atoms with Crippen LogP contribution in [0, 0.1) is 5.41 Å². The van der Waals surface area contributed by atoms with E-state index in [-0.39, 0.29) is 19.3 Å². The van der Waals surface area contributed by atoms with E-state index in [1.165, 1.54) is 31.9 Å². The molecule has 184 valence electrons. The molecule has 0 bridgehead atoms.